The van der Waals surface area contributed by atoms with Crippen molar-refractivity contribution in [3.8, 4) is 17.2 Å². The molecule has 1 aromatic heterocycles. The van der Waals surface area contributed by atoms with Gasteiger partial charge in [0.1, 0.15) is 11.5 Å². The van der Waals surface area contributed by atoms with Crippen molar-refractivity contribution < 1.29 is 32.2 Å². The van der Waals surface area contributed by atoms with Gasteiger partial charge in [-0.2, -0.15) is 13.2 Å². The Morgan fingerprint density at radius 3 is 2.29 bits per heavy atom. The number of aromatic nitrogens is 1. The van der Waals surface area contributed by atoms with E-state index in [1.165, 1.54) is 16.7 Å². The molecule has 1 N–H and O–H groups in total. The number of benzene rings is 2. The Balaban J connectivity index is 1.71. The van der Waals surface area contributed by atoms with Crippen LogP contribution < -0.4 is 19.7 Å². The SMILES string of the molecule is CCOc1cc(N2CCOCC2)c(OCC)cc1NC(=O)c1cc(C)n(-c2ccccc2C(F)(F)F)c1C. The van der Waals surface area contributed by atoms with Crippen LogP contribution in [-0.4, -0.2) is 50.0 Å². The molecule has 1 aliphatic heterocycles. The maximum absolute atomic E-state index is 13.7. The van der Waals surface area contributed by atoms with Crippen LogP contribution in [0.15, 0.2) is 42.5 Å². The highest BCUT2D eigenvalue weighted by atomic mass is 19.4. The van der Waals surface area contributed by atoms with E-state index in [0.29, 0.717) is 68.1 Å². The van der Waals surface area contributed by atoms with E-state index in [1.807, 2.05) is 19.9 Å². The Morgan fingerprint density at radius 2 is 1.63 bits per heavy atom. The number of nitrogens with zero attached hydrogens (tertiary/aromatic N) is 2. The summed E-state index contributed by atoms with van der Waals surface area (Å²) in [6.07, 6.45) is -4.54. The monoisotopic (exact) mass is 531 g/mol. The average Bonchev–Trinajstić information content (AvgIpc) is 3.19. The van der Waals surface area contributed by atoms with E-state index in [0.717, 1.165) is 11.8 Å². The molecule has 1 amide bonds. The standard InChI is InChI=1S/C28H32F3N3O4/c1-5-37-25-17-24(33-11-13-36-14-12-33)26(38-6-2)16-22(25)32-27(35)20-15-18(3)34(19(20)4)23-10-8-7-9-21(23)28(29,30)31/h7-10,15-17H,5-6,11-14H2,1-4H3,(H,32,35). The number of ether oxygens (including phenoxy) is 3. The minimum absolute atomic E-state index is 0.0300. The van der Waals surface area contributed by atoms with E-state index in [4.69, 9.17) is 14.2 Å². The Hall–Kier alpha value is -3.66. The van der Waals surface area contributed by atoms with Crippen molar-refractivity contribution in [3.05, 3.63) is 65.0 Å². The lowest BCUT2D eigenvalue weighted by atomic mass is 10.1. The smallest absolute Gasteiger partial charge is 0.418 e. The summed E-state index contributed by atoms with van der Waals surface area (Å²) in [5, 5.41) is 2.90. The first-order chi connectivity index (χ1) is 18.2. The van der Waals surface area contributed by atoms with Crippen LogP contribution in [0.5, 0.6) is 11.5 Å². The van der Waals surface area contributed by atoms with Gasteiger partial charge in [-0.25, -0.2) is 0 Å². The largest absolute Gasteiger partial charge is 0.492 e. The molecule has 0 spiro atoms. The Kier molecular flexibility index (Phi) is 8.20. The van der Waals surface area contributed by atoms with Gasteiger partial charge in [0.25, 0.3) is 5.91 Å². The number of carbonyl (C=O) groups is 1. The summed E-state index contributed by atoms with van der Waals surface area (Å²) in [5.74, 6) is 0.608. The maximum Gasteiger partial charge on any atom is 0.418 e. The average molecular weight is 532 g/mol. The number of halogens is 3. The second-order valence-electron chi connectivity index (χ2n) is 8.87. The minimum atomic E-state index is -4.54. The lowest BCUT2D eigenvalue weighted by Gasteiger charge is -2.31. The van der Waals surface area contributed by atoms with Crippen LogP contribution in [0.1, 0.15) is 41.2 Å². The zero-order valence-electron chi connectivity index (χ0n) is 21.9. The number of morpholine rings is 1. The number of anilines is 2. The molecule has 0 radical (unpaired) electrons. The van der Waals surface area contributed by atoms with E-state index < -0.39 is 17.6 Å². The summed E-state index contributed by atoms with van der Waals surface area (Å²) in [4.78, 5) is 15.6. The van der Waals surface area contributed by atoms with E-state index in [1.54, 1.807) is 32.0 Å². The van der Waals surface area contributed by atoms with Gasteiger partial charge < -0.3 is 29.0 Å². The lowest BCUT2D eigenvalue weighted by Crippen LogP contribution is -2.36. The van der Waals surface area contributed by atoms with Crippen molar-refractivity contribution in [2.75, 3.05) is 49.7 Å². The number of hydrogen-bond donors (Lipinski definition) is 1. The maximum atomic E-state index is 13.7. The molecule has 0 aliphatic carbocycles. The topological polar surface area (TPSA) is 65.0 Å². The van der Waals surface area contributed by atoms with Crippen molar-refractivity contribution in [2.24, 2.45) is 0 Å². The first kappa shape index (κ1) is 27.4. The fraction of sp³-hybridized carbons (Fsp3) is 0.393. The second kappa shape index (κ2) is 11.4. The molecule has 1 aliphatic rings. The molecule has 10 heteroatoms. The van der Waals surface area contributed by atoms with E-state index in [-0.39, 0.29) is 11.3 Å². The van der Waals surface area contributed by atoms with Crippen molar-refractivity contribution in [1.82, 2.24) is 4.57 Å². The van der Waals surface area contributed by atoms with Gasteiger partial charge in [0.2, 0.25) is 0 Å². The highest BCUT2D eigenvalue weighted by Gasteiger charge is 2.34. The quantitative estimate of drug-likeness (QED) is 0.386. The second-order valence-corrected chi connectivity index (χ2v) is 8.87. The summed E-state index contributed by atoms with van der Waals surface area (Å²) in [6, 6.07) is 10.5. The van der Waals surface area contributed by atoms with Crippen LogP contribution in [0.2, 0.25) is 0 Å². The molecule has 0 bridgehead atoms. The molecule has 2 heterocycles. The minimum Gasteiger partial charge on any atom is -0.492 e. The molecule has 0 atom stereocenters. The highest BCUT2D eigenvalue weighted by molar-refractivity contribution is 6.06. The van der Waals surface area contributed by atoms with Gasteiger partial charge in [-0.05, 0) is 45.9 Å². The number of nitrogens with one attached hydrogen (secondary N) is 1. The third kappa shape index (κ3) is 5.60. The number of amides is 1. The number of aryl methyl sites for hydroxylation is 1. The van der Waals surface area contributed by atoms with Gasteiger partial charge in [-0.15, -0.1) is 0 Å². The van der Waals surface area contributed by atoms with Gasteiger partial charge in [0.05, 0.1) is 54.6 Å². The molecule has 1 saturated heterocycles. The van der Waals surface area contributed by atoms with Crippen LogP contribution >= 0.6 is 0 Å². The van der Waals surface area contributed by atoms with E-state index in [2.05, 4.69) is 10.2 Å². The van der Waals surface area contributed by atoms with E-state index in [9.17, 15) is 18.0 Å². The van der Waals surface area contributed by atoms with E-state index >= 15 is 0 Å². The van der Waals surface area contributed by atoms with Crippen LogP contribution in [0, 0.1) is 13.8 Å². The normalized spacial score (nSPS) is 13.9. The molecule has 0 unspecified atom stereocenters. The zero-order chi connectivity index (χ0) is 27.4. The van der Waals surface area contributed by atoms with Crippen LogP contribution in [-0.2, 0) is 10.9 Å². The number of para-hydroxylation sites is 1. The molecule has 204 valence electrons. The van der Waals surface area contributed by atoms with Gasteiger partial charge >= 0.3 is 6.18 Å². The summed E-state index contributed by atoms with van der Waals surface area (Å²) < 4.78 is 59.8. The molecular formula is C28H32F3N3O4. The lowest BCUT2D eigenvalue weighted by molar-refractivity contribution is -0.137. The molecule has 1 fully saturated rings. The molecule has 0 saturated carbocycles. The first-order valence-electron chi connectivity index (χ1n) is 12.6. The van der Waals surface area contributed by atoms with Crippen LogP contribution in [0.4, 0.5) is 24.5 Å². The number of hydrogen-bond acceptors (Lipinski definition) is 5. The molecule has 7 nitrogen and oxygen atoms in total. The van der Waals surface area contributed by atoms with Gasteiger partial charge in [0.15, 0.2) is 0 Å². The van der Waals surface area contributed by atoms with Gasteiger partial charge in [-0.3, -0.25) is 4.79 Å². The fourth-order valence-electron chi connectivity index (χ4n) is 4.71. The molecular weight excluding hydrogens is 499 g/mol. The third-order valence-electron chi connectivity index (χ3n) is 6.39. The molecule has 4 rings (SSSR count). The zero-order valence-corrected chi connectivity index (χ0v) is 21.9. The highest BCUT2D eigenvalue weighted by Crippen LogP contribution is 2.40. The number of alkyl halides is 3. The Bertz CT molecular complexity index is 1300. The molecule has 3 aromatic rings. The van der Waals surface area contributed by atoms with Crippen LogP contribution in [0.25, 0.3) is 5.69 Å². The predicted molar refractivity (Wildman–Crippen MR) is 140 cm³/mol. The predicted octanol–water partition coefficient (Wildman–Crippen LogP) is 6.00. The van der Waals surface area contributed by atoms with Crippen molar-refractivity contribution in [3.63, 3.8) is 0 Å². The Labute approximate surface area is 220 Å². The summed E-state index contributed by atoms with van der Waals surface area (Å²) in [5.41, 5.74) is 1.62. The Morgan fingerprint density at radius 1 is 0.974 bits per heavy atom. The van der Waals surface area contributed by atoms with Crippen LogP contribution in [0.3, 0.4) is 0 Å². The third-order valence-corrected chi connectivity index (χ3v) is 6.39. The van der Waals surface area contributed by atoms with Gasteiger partial charge in [-0.1, -0.05) is 12.1 Å². The van der Waals surface area contributed by atoms with Crippen molar-refractivity contribution in [1.29, 1.82) is 0 Å². The summed E-state index contributed by atoms with van der Waals surface area (Å²) in [7, 11) is 0. The fourth-order valence-corrected chi connectivity index (χ4v) is 4.71. The molecule has 2 aromatic carbocycles. The number of carbonyl (C=O) groups excluding carboxylic acids is 1. The first-order valence-corrected chi connectivity index (χ1v) is 12.6. The summed E-state index contributed by atoms with van der Waals surface area (Å²) >= 11 is 0. The van der Waals surface area contributed by atoms with Crippen molar-refractivity contribution in [2.45, 2.75) is 33.9 Å². The summed E-state index contributed by atoms with van der Waals surface area (Å²) in [6.45, 7) is 10.4. The van der Waals surface area contributed by atoms with Gasteiger partial charge in [0, 0.05) is 36.6 Å². The number of rotatable bonds is 8. The van der Waals surface area contributed by atoms with Crippen molar-refractivity contribution >= 4 is 17.3 Å². The molecule has 38 heavy (non-hydrogen) atoms.